The summed E-state index contributed by atoms with van der Waals surface area (Å²) in [5.74, 6) is 0.496. The molecule has 0 aliphatic carbocycles. The molecule has 0 bridgehead atoms. The first-order valence-corrected chi connectivity index (χ1v) is 7.34. The van der Waals surface area contributed by atoms with Crippen LogP contribution in [0, 0.1) is 13.8 Å². The normalized spacial score (nSPS) is 13.1. The van der Waals surface area contributed by atoms with Crippen LogP contribution in [-0.2, 0) is 18.9 Å². The Hall–Kier alpha value is -2.64. The molecule has 0 aliphatic heterocycles. The van der Waals surface area contributed by atoms with Crippen molar-refractivity contribution < 1.29 is 4.79 Å². The molecule has 8 heteroatoms. The molecular formula is C15H19N5O3. The number of nitrogens with zero attached hydrogens (tertiary/aromatic N) is 5. The standard InChI is InChI=1S/C15H19N5O3/c1-7-8(2)20-11-12(17(5)15(23)18(6)13(11)22)16-14(20)19(7)9(3)10(4)21/h9H,1-6H3. The number of carbonyl (C=O) groups excluding carboxylic acids is 1. The maximum atomic E-state index is 12.6. The van der Waals surface area contributed by atoms with Crippen LogP contribution in [-0.4, -0.2) is 28.9 Å². The summed E-state index contributed by atoms with van der Waals surface area (Å²) in [6, 6.07) is -0.399. The molecule has 0 aromatic carbocycles. The van der Waals surface area contributed by atoms with E-state index in [-0.39, 0.29) is 5.78 Å². The van der Waals surface area contributed by atoms with Gasteiger partial charge in [-0.3, -0.25) is 23.1 Å². The number of aromatic nitrogens is 5. The SMILES string of the molecule is CC(=O)C(C)n1c(C)c(C)n2c3c(=O)n(C)c(=O)n(C)c3nc12. The van der Waals surface area contributed by atoms with Crippen molar-refractivity contribution in [1.29, 1.82) is 0 Å². The molecule has 0 radical (unpaired) electrons. The molecule has 0 N–H and O–H groups in total. The molecule has 3 heterocycles. The maximum Gasteiger partial charge on any atom is 0.332 e. The van der Waals surface area contributed by atoms with Crippen molar-refractivity contribution in [2.75, 3.05) is 0 Å². The van der Waals surface area contributed by atoms with Crippen LogP contribution in [0.25, 0.3) is 16.9 Å². The molecular weight excluding hydrogens is 298 g/mol. The van der Waals surface area contributed by atoms with Crippen LogP contribution in [0.5, 0.6) is 0 Å². The summed E-state index contributed by atoms with van der Waals surface area (Å²) in [6.07, 6.45) is 0. The van der Waals surface area contributed by atoms with E-state index in [4.69, 9.17) is 0 Å². The van der Waals surface area contributed by atoms with E-state index in [1.54, 1.807) is 18.4 Å². The van der Waals surface area contributed by atoms with Gasteiger partial charge in [0, 0.05) is 25.5 Å². The van der Waals surface area contributed by atoms with Crippen molar-refractivity contribution >= 4 is 22.7 Å². The van der Waals surface area contributed by atoms with Gasteiger partial charge in [-0.2, -0.15) is 4.98 Å². The van der Waals surface area contributed by atoms with Crippen molar-refractivity contribution in [3.8, 4) is 0 Å². The molecule has 0 saturated heterocycles. The van der Waals surface area contributed by atoms with E-state index in [0.717, 1.165) is 16.0 Å². The fourth-order valence-corrected chi connectivity index (χ4v) is 3.00. The minimum absolute atomic E-state index is 0.000512. The molecule has 0 spiro atoms. The number of hydrogen-bond donors (Lipinski definition) is 0. The second-order valence-corrected chi connectivity index (χ2v) is 5.95. The molecule has 1 unspecified atom stereocenters. The largest absolute Gasteiger partial charge is 0.332 e. The lowest BCUT2D eigenvalue weighted by Gasteiger charge is -2.12. The van der Waals surface area contributed by atoms with Gasteiger partial charge in [0.05, 0.1) is 6.04 Å². The molecule has 8 nitrogen and oxygen atoms in total. The van der Waals surface area contributed by atoms with Crippen molar-refractivity contribution in [1.82, 2.24) is 23.1 Å². The monoisotopic (exact) mass is 317 g/mol. The van der Waals surface area contributed by atoms with Crippen molar-refractivity contribution in [3.05, 3.63) is 32.2 Å². The molecule has 0 fully saturated rings. The third-order valence-corrected chi connectivity index (χ3v) is 4.65. The zero-order valence-electron chi connectivity index (χ0n) is 14.0. The Kier molecular flexibility index (Phi) is 3.10. The molecule has 122 valence electrons. The highest BCUT2D eigenvalue weighted by atomic mass is 16.2. The lowest BCUT2D eigenvalue weighted by Crippen LogP contribution is -2.37. The van der Waals surface area contributed by atoms with Gasteiger partial charge in [0.25, 0.3) is 5.56 Å². The van der Waals surface area contributed by atoms with Gasteiger partial charge in [-0.05, 0) is 27.7 Å². The third kappa shape index (κ3) is 1.77. The van der Waals surface area contributed by atoms with Crippen LogP contribution < -0.4 is 11.2 Å². The number of Topliss-reactive ketones (excluding diaryl/α,β-unsaturated/α-hetero) is 1. The first kappa shape index (κ1) is 15.3. The van der Waals surface area contributed by atoms with Gasteiger partial charge in [0.2, 0.25) is 5.78 Å². The van der Waals surface area contributed by atoms with E-state index in [2.05, 4.69) is 4.98 Å². The van der Waals surface area contributed by atoms with Gasteiger partial charge in [0.15, 0.2) is 16.9 Å². The molecule has 1 atom stereocenters. The Labute approximate surface area is 131 Å². The van der Waals surface area contributed by atoms with Gasteiger partial charge in [0.1, 0.15) is 0 Å². The lowest BCUT2D eigenvalue weighted by atomic mass is 10.2. The molecule has 3 aromatic rings. The predicted molar refractivity (Wildman–Crippen MR) is 86.0 cm³/mol. The number of fused-ring (bicyclic) bond motifs is 3. The molecule has 0 aliphatic rings. The second-order valence-electron chi connectivity index (χ2n) is 5.95. The Bertz CT molecular complexity index is 1090. The summed E-state index contributed by atoms with van der Waals surface area (Å²) in [4.78, 5) is 41.0. The summed E-state index contributed by atoms with van der Waals surface area (Å²) in [6.45, 7) is 7.08. The molecule has 3 aromatic heterocycles. The number of carbonyl (C=O) groups is 1. The Balaban J connectivity index is 2.63. The summed E-state index contributed by atoms with van der Waals surface area (Å²) >= 11 is 0. The average molecular weight is 317 g/mol. The maximum absolute atomic E-state index is 12.6. The van der Waals surface area contributed by atoms with Gasteiger partial charge in [-0.1, -0.05) is 0 Å². The van der Waals surface area contributed by atoms with E-state index < -0.39 is 17.3 Å². The van der Waals surface area contributed by atoms with Crippen molar-refractivity contribution in [3.63, 3.8) is 0 Å². The van der Waals surface area contributed by atoms with E-state index in [1.165, 1.54) is 18.5 Å². The summed E-state index contributed by atoms with van der Waals surface area (Å²) in [5.41, 5.74) is 1.54. The zero-order chi connectivity index (χ0) is 17.2. The highest BCUT2D eigenvalue weighted by molar-refractivity contribution is 5.82. The summed E-state index contributed by atoms with van der Waals surface area (Å²) in [5, 5.41) is 0. The van der Waals surface area contributed by atoms with Crippen LogP contribution in [0.1, 0.15) is 31.3 Å². The van der Waals surface area contributed by atoms with Gasteiger partial charge >= 0.3 is 5.69 Å². The molecule has 0 amide bonds. The zero-order valence-corrected chi connectivity index (χ0v) is 14.0. The van der Waals surface area contributed by atoms with E-state index >= 15 is 0 Å². The number of hydrogen-bond acceptors (Lipinski definition) is 4. The third-order valence-electron chi connectivity index (χ3n) is 4.65. The average Bonchev–Trinajstić information content (AvgIpc) is 2.99. The van der Waals surface area contributed by atoms with Crippen LogP contribution >= 0.6 is 0 Å². The van der Waals surface area contributed by atoms with Gasteiger partial charge in [-0.15, -0.1) is 0 Å². The van der Waals surface area contributed by atoms with Crippen LogP contribution in [0.4, 0.5) is 0 Å². The smallest absolute Gasteiger partial charge is 0.304 e. The first-order valence-electron chi connectivity index (χ1n) is 7.34. The first-order chi connectivity index (χ1) is 10.7. The van der Waals surface area contributed by atoms with Gasteiger partial charge < -0.3 is 4.57 Å². The van der Waals surface area contributed by atoms with E-state index in [9.17, 15) is 14.4 Å². The number of aryl methyl sites for hydroxylation is 2. The van der Waals surface area contributed by atoms with Crippen LogP contribution in [0.2, 0.25) is 0 Å². The Morgan fingerprint density at radius 2 is 1.70 bits per heavy atom. The summed E-state index contributed by atoms with van der Waals surface area (Å²) in [7, 11) is 3.03. The minimum Gasteiger partial charge on any atom is -0.304 e. The van der Waals surface area contributed by atoms with Crippen molar-refractivity contribution in [2.45, 2.75) is 33.7 Å². The van der Waals surface area contributed by atoms with E-state index in [0.29, 0.717) is 16.9 Å². The Morgan fingerprint density at radius 1 is 1.09 bits per heavy atom. The number of imidazole rings is 2. The van der Waals surface area contributed by atoms with E-state index in [1.807, 2.05) is 18.4 Å². The number of ketones is 1. The van der Waals surface area contributed by atoms with Crippen molar-refractivity contribution in [2.24, 2.45) is 14.1 Å². The topological polar surface area (TPSA) is 83.3 Å². The van der Waals surface area contributed by atoms with Crippen LogP contribution in [0.15, 0.2) is 9.59 Å². The highest BCUT2D eigenvalue weighted by Gasteiger charge is 2.24. The fourth-order valence-electron chi connectivity index (χ4n) is 3.00. The lowest BCUT2D eigenvalue weighted by molar-refractivity contribution is -0.119. The second kappa shape index (κ2) is 4.68. The highest BCUT2D eigenvalue weighted by Crippen LogP contribution is 2.24. The minimum atomic E-state index is -0.427. The van der Waals surface area contributed by atoms with Crippen LogP contribution in [0.3, 0.4) is 0 Å². The van der Waals surface area contributed by atoms with Gasteiger partial charge in [-0.25, -0.2) is 4.79 Å². The predicted octanol–water partition coefficient (Wildman–Crippen LogP) is 0.453. The molecule has 3 rings (SSSR count). The quantitative estimate of drug-likeness (QED) is 0.687. The Morgan fingerprint density at radius 3 is 2.26 bits per heavy atom. The molecule has 0 saturated carbocycles. The summed E-state index contributed by atoms with van der Waals surface area (Å²) < 4.78 is 5.95. The molecule has 23 heavy (non-hydrogen) atoms. The fraction of sp³-hybridized carbons (Fsp3) is 0.467. The number of rotatable bonds is 2.